The topological polar surface area (TPSA) is 24.9 Å². The minimum absolute atomic E-state index is 0.777. The fourth-order valence-electron chi connectivity index (χ4n) is 1.58. The van der Waals surface area contributed by atoms with Crippen molar-refractivity contribution in [1.29, 1.82) is 0 Å². The van der Waals surface area contributed by atoms with Gasteiger partial charge in [-0.3, -0.25) is 4.98 Å². The zero-order valence-corrected chi connectivity index (χ0v) is 12.2. The predicted molar refractivity (Wildman–Crippen MR) is 77.2 cm³/mol. The molecule has 0 amide bonds. The normalized spacial score (nSPS) is 20.9. The number of hydrogen-bond acceptors (Lipinski definition) is 4. The number of halogens is 1. The Hall–Kier alpha value is 0.290. The van der Waals surface area contributed by atoms with Crippen LogP contribution in [0.4, 0.5) is 0 Å². The predicted octanol–water partition coefficient (Wildman–Crippen LogP) is 2.78. The van der Waals surface area contributed by atoms with Crippen LogP contribution in [0.2, 0.25) is 0 Å². The summed E-state index contributed by atoms with van der Waals surface area (Å²) in [4.78, 5) is 4.15. The molecule has 1 aliphatic rings. The third-order valence-electron chi connectivity index (χ3n) is 2.35. The number of hydrogen-bond donors (Lipinski definition) is 1. The molecule has 2 rings (SSSR count). The Morgan fingerprint density at radius 2 is 2.38 bits per heavy atom. The molecular weight excluding hydrogens is 304 g/mol. The highest BCUT2D eigenvalue weighted by atomic mass is 79.9. The van der Waals surface area contributed by atoms with E-state index >= 15 is 0 Å². The maximum Gasteiger partial charge on any atom is 0.0410 e. The lowest BCUT2D eigenvalue weighted by Gasteiger charge is -2.21. The average molecular weight is 319 g/mol. The molecule has 16 heavy (non-hydrogen) atoms. The van der Waals surface area contributed by atoms with Crippen molar-refractivity contribution in [2.24, 2.45) is 0 Å². The van der Waals surface area contributed by atoms with Crippen molar-refractivity contribution in [3.05, 3.63) is 28.5 Å². The molecule has 1 atom stereocenters. The first kappa shape index (κ1) is 12.7. The Morgan fingerprint density at radius 3 is 3.12 bits per heavy atom. The van der Waals surface area contributed by atoms with Crippen LogP contribution < -0.4 is 5.32 Å². The van der Waals surface area contributed by atoms with Gasteiger partial charge in [-0.2, -0.15) is 23.5 Å². The molecule has 0 radical (unpaired) electrons. The van der Waals surface area contributed by atoms with E-state index in [0.29, 0.717) is 0 Å². The van der Waals surface area contributed by atoms with Crippen LogP contribution in [0.5, 0.6) is 0 Å². The molecule has 2 nitrogen and oxygen atoms in total. The Labute approximate surface area is 113 Å². The number of nitrogens with zero attached hydrogens (tertiary/aromatic N) is 1. The smallest absolute Gasteiger partial charge is 0.0410 e. The van der Waals surface area contributed by atoms with Gasteiger partial charge in [0.05, 0.1) is 0 Å². The molecule has 1 aromatic heterocycles. The molecule has 1 N–H and O–H groups in total. The van der Waals surface area contributed by atoms with E-state index in [1.54, 1.807) is 0 Å². The van der Waals surface area contributed by atoms with E-state index in [2.05, 4.69) is 55.8 Å². The van der Waals surface area contributed by atoms with Crippen molar-refractivity contribution in [1.82, 2.24) is 10.3 Å². The van der Waals surface area contributed by atoms with Gasteiger partial charge in [-0.15, -0.1) is 0 Å². The van der Waals surface area contributed by atoms with Crippen molar-refractivity contribution in [3.63, 3.8) is 0 Å². The highest BCUT2D eigenvalue weighted by Gasteiger charge is 2.13. The first-order chi connectivity index (χ1) is 7.84. The standard InChI is InChI=1S/C11H15BrN2S2/c12-10-3-9(4-13-6-10)5-14-7-11-8-15-1-2-16-11/h3-4,6,11,14H,1-2,5,7-8H2. The molecule has 0 bridgehead atoms. The Kier molecular flexibility index (Phi) is 5.48. The van der Waals surface area contributed by atoms with Gasteiger partial charge in [0.1, 0.15) is 0 Å². The summed E-state index contributed by atoms with van der Waals surface area (Å²) in [5.74, 6) is 3.90. The molecule has 1 unspecified atom stereocenters. The second-order valence-electron chi connectivity index (χ2n) is 3.71. The third kappa shape index (κ3) is 4.28. The van der Waals surface area contributed by atoms with E-state index in [4.69, 9.17) is 0 Å². The first-order valence-corrected chi connectivity index (χ1v) is 8.34. The number of thioether (sulfide) groups is 2. The molecule has 5 heteroatoms. The van der Waals surface area contributed by atoms with Crippen molar-refractivity contribution in [3.8, 4) is 0 Å². The lowest BCUT2D eigenvalue weighted by Crippen LogP contribution is -2.28. The summed E-state index contributed by atoms with van der Waals surface area (Å²) in [5, 5.41) is 4.28. The van der Waals surface area contributed by atoms with E-state index in [1.807, 2.05) is 12.4 Å². The summed E-state index contributed by atoms with van der Waals surface area (Å²) < 4.78 is 1.05. The van der Waals surface area contributed by atoms with Gasteiger partial charge in [0.25, 0.3) is 0 Å². The molecule has 0 aromatic carbocycles. The molecule has 1 saturated heterocycles. The second-order valence-corrected chi connectivity index (χ2v) is 7.18. The van der Waals surface area contributed by atoms with Gasteiger partial charge in [0.2, 0.25) is 0 Å². The highest BCUT2D eigenvalue weighted by Crippen LogP contribution is 2.23. The van der Waals surface area contributed by atoms with Crippen LogP contribution in [-0.4, -0.2) is 34.0 Å². The van der Waals surface area contributed by atoms with Gasteiger partial charge >= 0.3 is 0 Å². The summed E-state index contributed by atoms with van der Waals surface area (Å²) in [7, 11) is 0. The fourth-order valence-corrected chi connectivity index (χ4v) is 4.64. The molecule has 0 spiro atoms. The van der Waals surface area contributed by atoms with Crippen molar-refractivity contribution < 1.29 is 0 Å². The van der Waals surface area contributed by atoms with Crippen LogP contribution in [-0.2, 0) is 6.54 Å². The van der Waals surface area contributed by atoms with Crippen LogP contribution in [0, 0.1) is 0 Å². The summed E-state index contributed by atoms with van der Waals surface area (Å²) in [6.07, 6.45) is 3.73. The lowest BCUT2D eigenvalue weighted by atomic mass is 10.3. The molecule has 1 fully saturated rings. The highest BCUT2D eigenvalue weighted by molar-refractivity contribution is 9.10. The van der Waals surface area contributed by atoms with Gasteiger partial charge < -0.3 is 5.32 Å². The van der Waals surface area contributed by atoms with E-state index < -0.39 is 0 Å². The lowest BCUT2D eigenvalue weighted by molar-refractivity contribution is 0.684. The maximum absolute atomic E-state index is 4.15. The van der Waals surface area contributed by atoms with E-state index in [-0.39, 0.29) is 0 Å². The summed E-state index contributed by atoms with van der Waals surface area (Å²) in [5.41, 5.74) is 1.24. The Bertz CT molecular complexity index is 330. The largest absolute Gasteiger partial charge is 0.311 e. The molecule has 2 heterocycles. The van der Waals surface area contributed by atoms with E-state index in [0.717, 1.165) is 22.8 Å². The number of nitrogens with one attached hydrogen (secondary N) is 1. The number of rotatable bonds is 4. The molecule has 88 valence electrons. The Morgan fingerprint density at radius 1 is 1.44 bits per heavy atom. The number of aromatic nitrogens is 1. The Balaban J connectivity index is 1.71. The monoisotopic (exact) mass is 318 g/mol. The number of pyridine rings is 1. The molecule has 0 aliphatic carbocycles. The van der Waals surface area contributed by atoms with Gasteiger partial charge in [0, 0.05) is 52.5 Å². The van der Waals surface area contributed by atoms with Crippen molar-refractivity contribution >= 4 is 39.5 Å². The quantitative estimate of drug-likeness (QED) is 0.922. The fraction of sp³-hybridized carbons (Fsp3) is 0.545. The molecule has 0 saturated carbocycles. The first-order valence-electron chi connectivity index (χ1n) is 5.34. The minimum Gasteiger partial charge on any atom is -0.311 e. The average Bonchev–Trinajstić information content (AvgIpc) is 2.30. The van der Waals surface area contributed by atoms with Crippen LogP contribution in [0.1, 0.15) is 5.56 Å². The SMILES string of the molecule is Brc1cncc(CNCC2CSCCS2)c1. The van der Waals surface area contributed by atoms with Crippen LogP contribution in [0.25, 0.3) is 0 Å². The zero-order chi connectivity index (χ0) is 11.2. The minimum atomic E-state index is 0.777. The van der Waals surface area contributed by atoms with Gasteiger partial charge in [-0.25, -0.2) is 0 Å². The summed E-state index contributed by atoms with van der Waals surface area (Å²) in [6, 6.07) is 2.11. The summed E-state index contributed by atoms with van der Waals surface area (Å²) >= 11 is 7.60. The van der Waals surface area contributed by atoms with E-state index in [1.165, 1.54) is 22.8 Å². The zero-order valence-electron chi connectivity index (χ0n) is 8.99. The van der Waals surface area contributed by atoms with Gasteiger partial charge in [-0.05, 0) is 27.6 Å². The second kappa shape index (κ2) is 6.89. The van der Waals surface area contributed by atoms with Gasteiger partial charge in [0.15, 0.2) is 0 Å². The van der Waals surface area contributed by atoms with Crippen molar-refractivity contribution in [2.45, 2.75) is 11.8 Å². The van der Waals surface area contributed by atoms with Crippen LogP contribution in [0.3, 0.4) is 0 Å². The van der Waals surface area contributed by atoms with Crippen molar-refractivity contribution in [2.75, 3.05) is 23.8 Å². The molecular formula is C11H15BrN2S2. The molecule has 1 aliphatic heterocycles. The maximum atomic E-state index is 4.15. The van der Waals surface area contributed by atoms with Gasteiger partial charge in [-0.1, -0.05) is 0 Å². The third-order valence-corrected chi connectivity index (χ3v) is 5.63. The molecule has 1 aromatic rings. The summed E-state index contributed by atoms with van der Waals surface area (Å²) in [6.45, 7) is 2.01. The van der Waals surface area contributed by atoms with Crippen LogP contribution >= 0.6 is 39.5 Å². The van der Waals surface area contributed by atoms with E-state index in [9.17, 15) is 0 Å². The van der Waals surface area contributed by atoms with Crippen LogP contribution in [0.15, 0.2) is 22.9 Å².